The molecular formula is C26H27F3N10O2. The van der Waals surface area contributed by atoms with Gasteiger partial charge in [0.25, 0.3) is 0 Å². The summed E-state index contributed by atoms with van der Waals surface area (Å²) in [6, 6.07) is 9.56. The second-order valence-corrected chi connectivity index (χ2v) is 9.22. The van der Waals surface area contributed by atoms with Crippen molar-refractivity contribution in [3.05, 3.63) is 60.6 Å². The smallest absolute Gasteiger partial charge is 0.382 e. The van der Waals surface area contributed by atoms with Gasteiger partial charge >= 0.3 is 18.2 Å². The Morgan fingerprint density at radius 2 is 1.73 bits per heavy atom. The fraction of sp³-hybridized carbons (Fsp3) is 0.269. The summed E-state index contributed by atoms with van der Waals surface area (Å²) in [4.78, 5) is 36.4. The second-order valence-electron chi connectivity index (χ2n) is 9.22. The molecule has 4 heterocycles. The van der Waals surface area contributed by atoms with Gasteiger partial charge in [-0.2, -0.15) is 18.3 Å². The van der Waals surface area contributed by atoms with Crippen LogP contribution in [0.25, 0.3) is 16.6 Å². The van der Waals surface area contributed by atoms with Crippen LogP contribution in [0.5, 0.6) is 0 Å². The number of halogens is 3. The molecule has 0 saturated carbocycles. The van der Waals surface area contributed by atoms with Crippen molar-refractivity contribution < 1.29 is 22.8 Å². The van der Waals surface area contributed by atoms with Crippen molar-refractivity contribution in [1.29, 1.82) is 0 Å². The summed E-state index contributed by atoms with van der Waals surface area (Å²) in [5, 5.41) is 12.1. The highest BCUT2D eigenvalue weighted by Crippen LogP contribution is 2.35. The normalized spacial score (nSPS) is 13.8. The van der Waals surface area contributed by atoms with E-state index in [4.69, 9.17) is 5.73 Å². The quantitative estimate of drug-likeness (QED) is 0.286. The Kier molecular flexibility index (Phi) is 7.50. The predicted octanol–water partition coefficient (Wildman–Crippen LogP) is 3.89. The second kappa shape index (κ2) is 11.2. The number of hydrogen-bond donors (Lipinski definition) is 4. The maximum atomic E-state index is 12.9. The number of rotatable bonds is 5. The maximum Gasteiger partial charge on any atom is 0.416 e. The highest BCUT2D eigenvalue weighted by Gasteiger charge is 2.31. The summed E-state index contributed by atoms with van der Waals surface area (Å²) < 4.78 is 40.5. The van der Waals surface area contributed by atoms with Crippen molar-refractivity contribution >= 4 is 40.7 Å². The third kappa shape index (κ3) is 5.92. The lowest BCUT2D eigenvalue weighted by Gasteiger charge is -2.35. The van der Waals surface area contributed by atoms with Crippen LogP contribution in [-0.4, -0.2) is 69.3 Å². The number of nitrogen functional groups attached to an aromatic ring is 1. The first-order chi connectivity index (χ1) is 19.6. The molecule has 0 spiro atoms. The van der Waals surface area contributed by atoms with E-state index < -0.39 is 17.8 Å². The van der Waals surface area contributed by atoms with E-state index in [1.165, 1.54) is 6.33 Å². The molecule has 1 saturated heterocycles. The molecule has 5 rings (SSSR count). The van der Waals surface area contributed by atoms with E-state index in [0.717, 1.165) is 35.3 Å². The van der Waals surface area contributed by atoms with E-state index in [-0.39, 0.29) is 17.7 Å². The molecule has 0 atom stereocenters. The van der Waals surface area contributed by atoms with Gasteiger partial charge in [-0.25, -0.2) is 24.1 Å². The topological polar surface area (TPSA) is 146 Å². The number of alkyl halides is 3. The van der Waals surface area contributed by atoms with Crippen molar-refractivity contribution in [1.82, 2.24) is 29.8 Å². The first kappa shape index (κ1) is 27.5. The molecule has 4 amide bonds. The van der Waals surface area contributed by atoms with Gasteiger partial charge in [-0.05, 0) is 42.8 Å². The zero-order valence-corrected chi connectivity index (χ0v) is 21.9. The number of pyridine rings is 1. The molecule has 3 aromatic heterocycles. The monoisotopic (exact) mass is 568 g/mol. The van der Waals surface area contributed by atoms with Gasteiger partial charge in [-0.3, -0.25) is 5.32 Å². The van der Waals surface area contributed by atoms with Gasteiger partial charge in [0.05, 0.1) is 5.56 Å². The fourth-order valence-corrected chi connectivity index (χ4v) is 4.59. The zero-order chi connectivity index (χ0) is 29.1. The van der Waals surface area contributed by atoms with Crippen LogP contribution in [-0.2, 0) is 6.18 Å². The van der Waals surface area contributed by atoms with E-state index in [9.17, 15) is 22.8 Å². The van der Waals surface area contributed by atoms with Crippen LogP contribution in [0.15, 0.2) is 55.0 Å². The number of benzene rings is 1. The van der Waals surface area contributed by atoms with Crippen LogP contribution < -0.4 is 26.6 Å². The highest BCUT2D eigenvalue weighted by atomic mass is 19.4. The summed E-state index contributed by atoms with van der Waals surface area (Å²) in [5.74, 6) is 0.858. The Bertz CT molecular complexity index is 1560. The molecule has 0 bridgehead atoms. The number of piperazine rings is 1. The number of fused-ring (bicyclic) bond motifs is 1. The van der Waals surface area contributed by atoms with Gasteiger partial charge in [0.2, 0.25) is 0 Å². The number of nitrogens with zero attached hydrogens (tertiary/aromatic N) is 6. The number of anilines is 4. The number of hydrogen-bond acceptors (Lipinski definition) is 7. The van der Waals surface area contributed by atoms with Crippen LogP contribution in [0.2, 0.25) is 0 Å². The van der Waals surface area contributed by atoms with Gasteiger partial charge in [0.1, 0.15) is 23.5 Å². The minimum absolute atomic E-state index is 0.0899. The number of carbonyl (C=O) groups excluding carboxylic acids is 2. The lowest BCUT2D eigenvalue weighted by molar-refractivity contribution is -0.137. The molecule has 1 aliphatic heterocycles. The van der Waals surface area contributed by atoms with Crippen LogP contribution in [0.4, 0.5) is 45.9 Å². The number of nitrogens with one attached hydrogen (secondary N) is 3. The van der Waals surface area contributed by atoms with E-state index in [0.29, 0.717) is 43.9 Å². The number of aromatic nitrogens is 4. The Morgan fingerprint density at radius 3 is 2.41 bits per heavy atom. The van der Waals surface area contributed by atoms with Crippen LogP contribution >= 0.6 is 0 Å². The molecule has 41 heavy (non-hydrogen) atoms. The number of nitrogens with two attached hydrogens (primary N) is 1. The first-order valence-corrected chi connectivity index (χ1v) is 12.8. The van der Waals surface area contributed by atoms with E-state index >= 15 is 0 Å². The Hall–Kier alpha value is -5.08. The van der Waals surface area contributed by atoms with E-state index in [2.05, 4.69) is 35.9 Å². The molecule has 214 valence electrons. The van der Waals surface area contributed by atoms with Crippen LogP contribution in [0.3, 0.4) is 0 Å². The van der Waals surface area contributed by atoms with Crippen LogP contribution in [0, 0.1) is 0 Å². The molecule has 1 fully saturated rings. The Morgan fingerprint density at radius 1 is 1.00 bits per heavy atom. The minimum Gasteiger partial charge on any atom is -0.382 e. The molecule has 0 radical (unpaired) electrons. The summed E-state index contributed by atoms with van der Waals surface area (Å²) in [5.41, 5.74) is 7.90. The average molecular weight is 569 g/mol. The molecule has 0 unspecified atom stereocenters. The summed E-state index contributed by atoms with van der Waals surface area (Å²) >= 11 is 0. The number of carbonyl (C=O) groups is 2. The minimum atomic E-state index is -4.55. The molecular weight excluding hydrogens is 541 g/mol. The molecule has 4 aromatic rings. The molecule has 12 nitrogen and oxygen atoms in total. The summed E-state index contributed by atoms with van der Waals surface area (Å²) in [6.45, 7) is 4.74. The highest BCUT2D eigenvalue weighted by molar-refractivity contribution is 5.99. The summed E-state index contributed by atoms with van der Waals surface area (Å²) in [6.07, 6.45) is -2.20. The average Bonchev–Trinajstić information content (AvgIpc) is 3.34. The van der Waals surface area contributed by atoms with Gasteiger partial charge < -0.3 is 26.2 Å². The van der Waals surface area contributed by atoms with Gasteiger partial charge in [-0.1, -0.05) is 12.1 Å². The standard InChI is InChI=1S/C26H27F3N10O2/c1-2-31-25(41)38-11-9-37(10-12-38)21-14-19(22-23(30)33-15-34-39(21)22)16-3-5-18(6-4-16)35-24(40)36-20-13-17(7-8-32-20)26(27,28)29/h3-8,13-15H,2,9-12H2,1H3,(H,31,41)(H2,30,33,34)(H2,32,35,36,40). The van der Waals surface area contributed by atoms with Crippen molar-refractivity contribution in [2.24, 2.45) is 0 Å². The van der Waals surface area contributed by atoms with Crippen LogP contribution in [0.1, 0.15) is 12.5 Å². The first-order valence-electron chi connectivity index (χ1n) is 12.8. The van der Waals surface area contributed by atoms with E-state index in [1.54, 1.807) is 33.7 Å². The zero-order valence-electron chi connectivity index (χ0n) is 21.9. The molecule has 1 aliphatic rings. The SMILES string of the molecule is CCNC(=O)N1CCN(c2cc(-c3ccc(NC(=O)Nc4cc(C(F)(F)F)ccn4)cc3)c3c(N)ncnn23)CC1. The van der Waals surface area contributed by atoms with Gasteiger partial charge in [0, 0.05) is 50.2 Å². The maximum absolute atomic E-state index is 12.9. The Balaban J connectivity index is 1.32. The molecule has 5 N–H and O–H groups in total. The van der Waals surface area contributed by atoms with Crippen molar-refractivity contribution in [3.63, 3.8) is 0 Å². The van der Waals surface area contributed by atoms with Crippen molar-refractivity contribution in [2.75, 3.05) is 54.0 Å². The fourth-order valence-electron chi connectivity index (χ4n) is 4.59. The lowest BCUT2D eigenvalue weighted by Crippen LogP contribution is -2.52. The summed E-state index contributed by atoms with van der Waals surface area (Å²) in [7, 11) is 0. The number of amides is 4. The number of urea groups is 2. The van der Waals surface area contributed by atoms with Gasteiger partial charge in [0.15, 0.2) is 5.82 Å². The Labute approximate surface area is 232 Å². The molecule has 15 heteroatoms. The third-order valence-corrected chi connectivity index (χ3v) is 6.57. The van der Waals surface area contributed by atoms with Gasteiger partial charge in [-0.15, -0.1) is 0 Å². The van der Waals surface area contributed by atoms with Crippen molar-refractivity contribution in [2.45, 2.75) is 13.1 Å². The van der Waals surface area contributed by atoms with E-state index in [1.807, 2.05) is 13.0 Å². The molecule has 1 aromatic carbocycles. The molecule has 0 aliphatic carbocycles. The largest absolute Gasteiger partial charge is 0.416 e. The lowest BCUT2D eigenvalue weighted by atomic mass is 10.1. The van der Waals surface area contributed by atoms with Crippen molar-refractivity contribution in [3.8, 4) is 11.1 Å². The predicted molar refractivity (Wildman–Crippen MR) is 148 cm³/mol. The third-order valence-electron chi connectivity index (χ3n) is 6.57.